The SMILES string of the molecule is CCC[C@@H](C)NS(=O)(=O)c1ccc2c(c1)N(C)C(=O)CO2. The zero-order valence-electron chi connectivity index (χ0n) is 12.4. The van der Waals surface area contributed by atoms with E-state index >= 15 is 0 Å². The van der Waals surface area contributed by atoms with Gasteiger partial charge in [0.2, 0.25) is 10.0 Å². The first kappa shape index (κ1) is 15.8. The van der Waals surface area contributed by atoms with Gasteiger partial charge < -0.3 is 9.64 Å². The van der Waals surface area contributed by atoms with E-state index in [-0.39, 0.29) is 23.5 Å². The van der Waals surface area contributed by atoms with Gasteiger partial charge in [0.25, 0.3) is 5.91 Å². The van der Waals surface area contributed by atoms with Crippen molar-refractivity contribution >= 4 is 21.6 Å². The highest BCUT2D eigenvalue weighted by atomic mass is 32.2. The summed E-state index contributed by atoms with van der Waals surface area (Å²) in [6.07, 6.45) is 1.67. The van der Waals surface area contributed by atoms with Gasteiger partial charge in [0.15, 0.2) is 6.61 Å². The summed E-state index contributed by atoms with van der Waals surface area (Å²) in [5.41, 5.74) is 0.470. The molecule has 0 unspecified atom stereocenters. The Labute approximate surface area is 125 Å². The number of likely N-dealkylation sites (N-methyl/N-ethyl adjacent to an activating group) is 1. The van der Waals surface area contributed by atoms with E-state index in [0.29, 0.717) is 11.4 Å². The Kier molecular flexibility index (Phi) is 4.53. The number of carbonyl (C=O) groups excluding carboxylic acids is 1. The number of rotatable bonds is 5. The topological polar surface area (TPSA) is 75.7 Å². The molecule has 0 saturated heterocycles. The number of amides is 1. The molecule has 0 aliphatic carbocycles. The Hall–Kier alpha value is -1.60. The second kappa shape index (κ2) is 6.03. The first-order valence-electron chi connectivity index (χ1n) is 6.91. The van der Waals surface area contributed by atoms with Crippen molar-refractivity contribution in [3.63, 3.8) is 0 Å². The third kappa shape index (κ3) is 3.36. The van der Waals surface area contributed by atoms with Crippen LogP contribution in [0.4, 0.5) is 5.69 Å². The number of carbonyl (C=O) groups is 1. The average Bonchev–Trinajstić information content (AvgIpc) is 2.42. The van der Waals surface area contributed by atoms with Crippen LogP contribution in [0.3, 0.4) is 0 Å². The molecule has 6 nitrogen and oxygen atoms in total. The molecule has 0 spiro atoms. The van der Waals surface area contributed by atoms with Crippen LogP contribution >= 0.6 is 0 Å². The third-order valence-corrected chi connectivity index (χ3v) is 4.99. The van der Waals surface area contributed by atoms with E-state index in [4.69, 9.17) is 4.74 Å². The smallest absolute Gasteiger partial charge is 0.264 e. The van der Waals surface area contributed by atoms with Gasteiger partial charge in [0, 0.05) is 13.1 Å². The minimum atomic E-state index is -3.60. The largest absolute Gasteiger partial charge is 0.482 e. The van der Waals surface area contributed by atoms with Gasteiger partial charge in [-0.15, -0.1) is 0 Å². The van der Waals surface area contributed by atoms with Crippen molar-refractivity contribution in [2.24, 2.45) is 0 Å². The Morgan fingerprint density at radius 2 is 2.14 bits per heavy atom. The summed E-state index contributed by atoms with van der Waals surface area (Å²) >= 11 is 0. The predicted molar refractivity (Wildman–Crippen MR) is 80.0 cm³/mol. The summed E-state index contributed by atoms with van der Waals surface area (Å²) in [6.45, 7) is 3.81. The van der Waals surface area contributed by atoms with Gasteiger partial charge in [-0.2, -0.15) is 0 Å². The van der Waals surface area contributed by atoms with Gasteiger partial charge in [-0.05, 0) is 31.5 Å². The number of fused-ring (bicyclic) bond motifs is 1. The Morgan fingerprint density at radius 3 is 2.81 bits per heavy atom. The number of ether oxygens (including phenoxy) is 1. The molecule has 1 N–H and O–H groups in total. The minimum absolute atomic E-state index is 0.0264. The molecule has 21 heavy (non-hydrogen) atoms. The normalized spacial score (nSPS) is 16.3. The van der Waals surface area contributed by atoms with Crippen molar-refractivity contribution in [3.8, 4) is 5.75 Å². The Bertz CT molecular complexity index is 642. The van der Waals surface area contributed by atoms with Crippen molar-refractivity contribution < 1.29 is 17.9 Å². The van der Waals surface area contributed by atoms with Gasteiger partial charge in [-0.3, -0.25) is 4.79 Å². The maximum Gasteiger partial charge on any atom is 0.264 e. The molecule has 1 aliphatic heterocycles. The number of hydrogen-bond donors (Lipinski definition) is 1. The molecule has 2 rings (SSSR count). The van der Waals surface area contributed by atoms with Crippen molar-refractivity contribution in [3.05, 3.63) is 18.2 Å². The molecule has 0 bridgehead atoms. The summed E-state index contributed by atoms with van der Waals surface area (Å²) in [5.74, 6) is 0.307. The van der Waals surface area contributed by atoms with Crippen molar-refractivity contribution in [2.45, 2.75) is 37.6 Å². The highest BCUT2D eigenvalue weighted by Gasteiger charge is 2.25. The summed E-state index contributed by atoms with van der Waals surface area (Å²) in [4.78, 5) is 13.2. The van der Waals surface area contributed by atoms with E-state index in [1.54, 1.807) is 13.1 Å². The van der Waals surface area contributed by atoms with Gasteiger partial charge in [-0.1, -0.05) is 13.3 Å². The van der Waals surface area contributed by atoms with E-state index in [0.717, 1.165) is 12.8 Å². The lowest BCUT2D eigenvalue weighted by Gasteiger charge is -2.26. The molecular formula is C14H20N2O4S. The average molecular weight is 312 g/mol. The summed E-state index contributed by atoms with van der Waals surface area (Å²) in [7, 11) is -2.00. The zero-order valence-corrected chi connectivity index (χ0v) is 13.2. The van der Waals surface area contributed by atoms with Gasteiger partial charge in [-0.25, -0.2) is 13.1 Å². The highest BCUT2D eigenvalue weighted by Crippen LogP contribution is 2.33. The van der Waals surface area contributed by atoms with E-state index in [9.17, 15) is 13.2 Å². The van der Waals surface area contributed by atoms with Crippen LogP contribution in [0.25, 0.3) is 0 Å². The van der Waals surface area contributed by atoms with Crippen molar-refractivity contribution in [1.82, 2.24) is 4.72 Å². The van der Waals surface area contributed by atoms with E-state index < -0.39 is 10.0 Å². The molecule has 1 amide bonds. The number of sulfonamides is 1. The Morgan fingerprint density at radius 1 is 1.43 bits per heavy atom. The number of benzene rings is 1. The van der Waals surface area contributed by atoms with Crippen LogP contribution < -0.4 is 14.4 Å². The fourth-order valence-electron chi connectivity index (χ4n) is 2.24. The maximum absolute atomic E-state index is 12.3. The molecule has 0 fully saturated rings. The lowest BCUT2D eigenvalue weighted by molar-refractivity contribution is -0.120. The second-order valence-corrected chi connectivity index (χ2v) is 6.90. The van der Waals surface area contributed by atoms with Gasteiger partial charge in [0.05, 0.1) is 10.6 Å². The standard InChI is InChI=1S/C14H20N2O4S/c1-4-5-10(2)15-21(18,19)11-6-7-13-12(8-11)16(3)14(17)9-20-13/h6-8,10,15H,4-5,9H2,1-3H3/t10-/m1/s1. The molecule has 0 aromatic heterocycles. The van der Waals surface area contributed by atoms with E-state index in [2.05, 4.69) is 4.72 Å². The molecule has 1 heterocycles. The van der Waals surface area contributed by atoms with Crippen LogP contribution in [0.2, 0.25) is 0 Å². The van der Waals surface area contributed by atoms with Crippen LogP contribution in [0.1, 0.15) is 26.7 Å². The van der Waals surface area contributed by atoms with E-state index in [1.807, 2.05) is 13.8 Å². The van der Waals surface area contributed by atoms with Crippen LogP contribution in [0.5, 0.6) is 5.75 Å². The molecule has 7 heteroatoms. The molecule has 1 atom stereocenters. The number of nitrogens with zero attached hydrogens (tertiary/aromatic N) is 1. The van der Waals surface area contributed by atoms with Crippen LogP contribution in [0.15, 0.2) is 23.1 Å². The molecule has 0 saturated carbocycles. The lowest BCUT2D eigenvalue weighted by atomic mass is 10.2. The van der Waals surface area contributed by atoms with E-state index in [1.165, 1.54) is 17.0 Å². The summed E-state index contributed by atoms with van der Waals surface area (Å²) in [6, 6.07) is 4.40. The third-order valence-electron chi connectivity index (χ3n) is 3.41. The summed E-state index contributed by atoms with van der Waals surface area (Å²) < 4.78 is 32.6. The predicted octanol–water partition coefficient (Wildman–Crippen LogP) is 1.51. The molecule has 1 aromatic carbocycles. The minimum Gasteiger partial charge on any atom is -0.482 e. The second-order valence-electron chi connectivity index (χ2n) is 5.18. The van der Waals surface area contributed by atoms with Crippen LogP contribution in [-0.2, 0) is 14.8 Å². The monoisotopic (exact) mass is 312 g/mol. The van der Waals surface area contributed by atoms with Gasteiger partial charge in [0.1, 0.15) is 5.75 Å². The van der Waals surface area contributed by atoms with Gasteiger partial charge >= 0.3 is 0 Å². The molecule has 116 valence electrons. The number of hydrogen-bond acceptors (Lipinski definition) is 4. The fourth-order valence-corrected chi connectivity index (χ4v) is 3.54. The van der Waals surface area contributed by atoms with Crippen LogP contribution in [-0.4, -0.2) is 34.0 Å². The highest BCUT2D eigenvalue weighted by molar-refractivity contribution is 7.89. The van der Waals surface area contributed by atoms with Crippen molar-refractivity contribution in [2.75, 3.05) is 18.6 Å². The number of nitrogens with one attached hydrogen (secondary N) is 1. The molecular weight excluding hydrogens is 292 g/mol. The quantitative estimate of drug-likeness (QED) is 0.894. The zero-order chi connectivity index (χ0) is 15.6. The fraction of sp³-hybridized carbons (Fsp3) is 0.500. The molecule has 1 aromatic rings. The lowest BCUT2D eigenvalue weighted by Crippen LogP contribution is -2.36. The Balaban J connectivity index is 2.31. The maximum atomic E-state index is 12.3. The molecule has 0 radical (unpaired) electrons. The first-order valence-corrected chi connectivity index (χ1v) is 8.39. The first-order chi connectivity index (χ1) is 9.85. The number of anilines is 1. The van der Waals surface area contributed by atoms with Crippen LogP contribution in [0, 0.1) is 0 Å². The molecule has 1 aliphatic rings. The summed E-state index contributed by atoms with van der Waals surface area (Å²) in [5, 5.41) is 0. The van der Waals surface area contributed by atoms with Crippen molar-refractivity contribution in [1.29, 1.82) is 0 Å².